The van der Waals surface area contributed by atoms with Gasteiger partial charge in [-0.3, -0.25) is 4.79 Å². The van der Waals surface area contributed by atoms with E-state index < -0.39 is 0 Å². The van der Waals surface area contributed by atoms with E-state index in [2.05, 4.69) is 25.1 Å². The predicted octanol–water partition coefficient (Wildman–Crippen LogP) is 3.90. The number of carbonyl (C=O) groups is 1. The highest BCUT2D eigenvalue weighted by Gasteiger charge is 2.28. The summed E-state index contributed by atoms with van der Waals surface area (Å²) in [5.74, 6) is 0.840. The van der Waals surface area contributed by atoms with Crippen LogP contribution in [0, 0.1) is 6.92 Å². The van der Waals surface area contributed by atoms with Crippen LogP contribution in [0.5, 0.6) is 0 Å². The molecule has 0 N–H and O–H groups in total. The third kappa shape index (κ3) is 2.18. The Bertz CT molecular complexity index is 730. The molecule has 2 heterocycles. The highest BCUT2D eigenvalue weighted by atomic mass is 32.1. The summed E-state index contributed by atoms with van der Waals surface area (Å²) in [6.07, 6.45) is 3.54. The zero-order valence-corrected chi connectivity index (χ0v) is 13.2. The molecule has 0 atom stereocenters. The van der Waals surface area contributed by atoms with Gasteiger partial charge in [0.2, 0.25) is 5.91 Å². The van der Waals surface area contributed by atoms with Crippen molar-refractivity contribution < 1.29 is 4.79 Å². The first-order valence-corrected chi connectivity index (χ1v) is 8.34. The SMILES string of the molecule is CC(=O)N1CCc2cc(-c3nc(C4CC4)sc3C)ccc21. The van der Waals surface area contributed by atoms with Gasteiger partial charge >= 0.3 is 0 Å². The van der Waals surface area contributed by atoms with Crippen LogP contribution in [-0.2, 0) is 11.2 Å². The molecule has 0 bridgehead atoms. The van der Waals surface area contributed by atoms with E-state index >= 15 is 0 Å². The number of benzene rings is 1. The molecule has 1 aromatic heterocycles. The van der Waals surface area contributed by atoms with Gasteiger partial charge in [-0.1, -0.05) is 6.07 Å². The quantitative estimate of drug-likeness (QED) is 0.842. The van der Waals surface area contributed by atoms with Crippen molar-refractivity contribution in [3.8, 4) is 11.3 Å². The molecule has 21 heavy (non-hydrogen) atoms. The largest absolute Gasteiger partial charge is 0.312 e. The number of aryl methyl sites for hydroxylation is 1. The predicted molar refractivity (Wildman–Crippen MR) is 86.0 cm³/mol. The number of hydrogen-bond acceptors (Lipinski definition) is 3. The average molecular weight is 298 g/mol. The van der Waals surface area contributed by atoms with Gasteiger partial charge in [0.05, 0.1) is 10.7 Å². The second-order valence-corrected chi connectivity index (χ2v) is 7.23. The van der Waals surface area contributed by atoms with Gasteiger partial charge < -0.3 is 4.90 Å². The molecule has 2 aliphatic rings. The van der Waals surface area contributed by atoms with Gasteiger partial charge in [0.1, 0.15) is 0 Å². The van der Waals surface area contributed by atoms with Crippen LogP contribution in [0.4, 0.5) is 5.69 Å². The van der Waals surface area contributed by atoms with Crippen LogP contribution >= 0.6 is 11.3 Å². The molecule has 0 spiro atoms. The lowest BCUT2D eigenvalue weighted by Crippen LogP contribution is -2.25. The van der Waals surface area contributed by atoms with Crippen molar-refractivity contribution in [1.82, 2.24) is 4.98 Å². The number of nitrogens with zero attached hydrogens (tertiary/aromatic N) is 2. The highest BCUT2D eigenvalue weighted by molar-refractivity contribution is 7.12. The van der Waals surface area contributed by atoms with Crippen LogP contribution < -0.4 is 4.90 Å². The molecular formula is C17H18N2OS. The summed E-state index contributed by atoms with van der Waals surface area (Å²) in [7, 11) is 0. The number of amides is 1. The molecule has 1 saturated carbocycles. The standard InChI is InChI=1S/C17H18N2OS/c1-10-16(18-17(21-10)12-3-4-12)14-5-6-15-13(9-14)7-8-19(15)11(2)20/h5-6,9,12H,3-4,7-8H2,1-2H3. The molecule has 1 aromatic carbocycles. The van der Waals surface area contributed by atoms with Gasteiger partial charge in [-0.2, -0.15) is 0 Å². The Balaban J connectivity index is 1.72. The van der Waals surface area contributed by atoms with Crippen LogP contribution in [0.15, 0.2) is 18.2 Å². The number of thiazole rings is 1. The normalized spacial score (nSPS) is 17.1. The van der Waals surface area contributed by atoms with E-state index in [9.17, 15) is 4.79 Å². The monoisotopic (exact) mass is 298 g/mol. The van der Waals surface area contributed by atoms with Crippen molar-refractivity contribution in [2.24, 2.45) is 0 Å². The van der Waals surface area contributed by atoms with Gasteiger partial charge in [0.25, 0.3) is 0 Å². The maximum absolute atomic E-state index is 11.6. The molecule has 1 aliphatic heterocycles. The third-order valence-electron chi connectivity index (χ3n) is 4.37. The summed E-state index contributed by atoms with van der Waals surface area (Å²) in [5, 5.41) is 1.30. The second-order valence-electron chi connectivity index (χ2n) is 6.00. The number of anilines is 1. The maximum Gasteiger partial charge on any atom is 0.223 e. The minimum Gasteiger partial charge on any atom is -0.312 e. The van der Waals surface area contributed by atoms with Crippen molar-refractivity contribution in [1.29, 1.82) is 0 Å². The first-order chi connectivity index (χ1) is 10.1. The van der Waals surface area contributed by atoms with E-state index in [1.54, 1.807) is 6.92 Å². The minimum absolute atomic E-state index is 0.127. The van der Waals surface area contributed by atoms with E-state index in [-0.39, 0.29) is 5.91 Å². The van der Waals surface area contributed by atoms with E-state index in [0.717, 1.165) is 24.3 Å². The maximum atomic E-state index is 11.6. The van der Waals surface area contributed by atoms with Gasteiger partial charge in [-0.25, -0.2) is 4.98 Å². The summed E-state index contributed by atoms with van der Waals surface area (Å²) < 4.78 is 0. The molecular weight excluding hydrogens is 280 g/mol. The Morgan fingerprint density at radius 3 is 2.90 bits per heavy atom. The summed E-state index contributed by atoms with van der Waals surface area (Å²) in [6, 6.07) is 6.41. The lowest BCUT2D eigenvalue weighted by molar-refractivity contribution is -0.116. The van der Waals surface area contributed by atoms with E-state index in [4.69, 9.17) is 4.98 Å². The number of rotatable bonds is 2. The third-order valence-corrected chi connectivity index (χ3v) is 5.50. The van der Waals surface area contributed by atoms with Crippen LogP contribution in [0.3, 0.4) is 0 Å². The zero-order chi connectivity index (χ0) is 14.6. The zero-order valence-electron chi connectivity index (χ0n) is 12.3. The summed E-state index contributed by atoms with van der Waals surface area (Å²) in [4.78, 5) is 19.6. The van der Waals surface area contributed by atoms with Crippen molar-refractivity contribution in [3.63, 3.8) is 0 Å². The summed E-state index contributed by atoms with van der Waals surface area (Å²) >= 11 is 1.84. The minimum atomic E-state index is 0.127. The topological polar surface area (TPSA) is 33.2 Å². The van der Waals surface area contributed by atoms with Gasteiger partial charge in [0.15, 0.2) is 0 Å². The molecule has 1 fully saturated rings. The Morgan fingerprint density at radius 1 is 1.38 bits per heavy atom. The molecule has 4 heteroatoms. The Labute approximate surface area is 128 Å². The smallest absolute Gasteiger partial charge is 0.223 e. The molecule has 1 amide bonds. The van der Waals surface area contributed by atoms with Crippen LogP contribution in [0.25, 0.3) is 11.3 Å². The highest BCUT2D eigenvalue weighted by Crippen LogP contribution is 2.44. The van der Waals surface area contributed by atoms with Crippen molar-refractivity contribution in [3.05, 3.63) is 33.6 Å². The number of fused-ring (bicyclic) bond motifs is 1. The Morgan fingerprint density at radius 2 is 2.19 bits per heavy atom. The molecule has 1 aliphatic carbocycles. The first kappa shape index (κ1) is 13.0. The van der Waals surface area contributed by atoms with Crippen LogP contribution in [0.2, 0.25) is 0 Å². The lowest BCUT2D eigenvalue weighted by atomic mass is 10.1. The van der Waals surface area contributed by atoms with E-state index in [0.29, 0.717) is 5.92 Å². The Kier molecular flexibility index (Phi) is 2.89. The Hall–Kier alpha value is -1.68. The molecule has 3 nitrogen and oxygen atoms in total. The van der Waals surface area contributed by atoms with Gasteiger partial charge in [-0.05, 0) is 43.9 Å². The first-order valence-electron chi connectivity index (χ1n) is 7.52. The number of aromatic nitrogens is 1. The number of hydrogen-bond donors (Lipinski definition) is 0. The summed E-state index contributed by atoms with van der Waals surface area (Å²) in [6.45, 7) is 4.60. The lowest BCUT2D eigenvalue weighted by Gasteiger charge is -2.14. The van der Waals surface area contributed by atoms with Crippen molar-refractivity contribution in [2.45, 2.75) is 39.0 Å². The fourth-order valence-electron chi connectivity index (χ4n) is 3.07. The molecule has 108 valence electrons. The average Bonchev–Trinajstić information content (AvgIpc) is 3.10. The molecule has 2 aromatic rings. The molecule has 0 radical (unpaired) electrons. The van der Waals surface area contributed by atoms with Gasteiger partial charge in [-0.15, -0.1) is 11.3 Å². The second kappa shape index (κ2) is 4.67. The molecule has 0 saturated heterocycles. The fraction of sp³-hybridized carbons (Fsp3) is 0.412. The van der Waals surface area contributed by atoms with Crippen molar-refractivity contribution in [2.75, 3.05) is 11.4 Å². The molecule has 4 rings (SSSR count). The summed E-state index contributed by atoms with van der Waals surface area (Å²) in [5.41, 5.74) is 4.66. The van der Waals surface area contributed by atoms with Gasteiger partial charge in [0, 0.05) is 35.5 Å². The van der Waals surface area contributed by atoms with Crippen LogP contribution in [0.1, 0.15) is 41.1 Å². The number of carbonyl (C=O) groups excluding carboxylic acids is 1. The fourth-order valence-corrected chi connectivity index (χ4v) is 4.18. The molecule has 0 unspecified atom stereocenters. The van der Waals surface area contributed by atoms with Crippen molar-refractivity contribution >= 4 is 22.9 Å². The van der Waals surface area contributed by atoms with E-state index in [1.807, 2.05) is 16.2 Å². The van der Waals surface area contributed by atoms with E-state index in [1.165, 1.54) is 33.9 Å². The van der Waals surface area contributed by atoms with Crippen LogP contribution in [-0.4, -0.2) is 17.4 Å².